The minimum absolute atomic E-state index is 0.576. The maximum Gasteiger partial charge on any atom is 0.207 e. The summed E-state index contributed by atoms with van der Waals surface area (Å²) in [6.45, 7) is 7.89. The van der Waals surface area contributed by atoms with Crippen LogP contribution in [0.1, 0.15) is 20.8 Å². The van der Waals surface area contributed by atoms with Gasteiger partial charge in [-0.3, -0.25) is 4.57 Å². The molecule has 0 saturated carbocycles. The average Bonchev–Trinajstić information content (AvgIpc) is 2.85. The molecule has 0 amide bonds. The fourth-order valence-electron chi connectivity index (χ4n) is 1.86. The lowest BCUT2D eigenvalue weighted by Crippen LogP contribution is -2.12. The Morgan fingerprint density at radius 3 is 2.84 bits per heavy atom. The molecule has 1 heterocycles. The van der Waals surface area contributed by atoms with E-state index in [9.17, 15) is 0 Å². The first kappa shape index (κ1) is 13.5. The summed E-state index contributed by atoms with van der Waals surface area (Å²) in [7, 11) is 0. The van der Waals surface area contributed by atoms with Crippen molar-refractivity contribution in [2.24, 2.45) is 5.92 Å². The lowest BCUT2D eigenvalue weighted by atomic mass is 10.2. The highest BCUT2D eigenvalue weighted by molar-refractivity contribution is 5.51. The van der Waals surface area contributed by atoms with Crippen LogP contribution in [0, 0.1) is 5.92 Å². The van der Waals surface area contributed by atoms with E-state index in [2.05, 4.69) is 24.1 Å². The van der Waals surface area contributed by atoms with Gasteiger partial charge in [-0.1, -0.05) is 26.0 Å². The Kier molecular flexibility index (Phi) is 4.44. The molecule has 0 aliphatic heterocycles. The highest BCUT2D eigenvalue weighted by atomic mass is 16.5. The monoisotopic (exact) mass is 259 g/mol. The van der Waals surface area contributed by atoms with Gasteiger partial charge in [0, 0.05) is 18.9 Å². The molecule has 19 heavy (non-hydrogen) atoms. The van der Waals surface area contributed by atoms with Gasteiger partial charge in [0.1, 0.15) is 5.75 Å². The molecule has 4 heteroatoms. The van der Waals surface area contributed by atoms with Crippen molar-refractivity contribution in [1.82, 2.24) is 9.55 Å². The second-order valence-corrected chi connectivity index (χ2v) is 4.80. The molecule has 1 N–H and O–H groups in total. The summed E-state index contributed by atoms with van der Waals surface area (Å²) in [6, 6.07) is 8.00. The Morgan fingerprint density at radius 2 is 2.11 bits per heavy atom. The zero-order valence-corrected chi connectivity index (χ0v) is 11.8. The van der Waals surface area contributed by atoms with E-state index in [-0.39, 0.29) is 0 Å². The Labute approximate surface area is 114 Å². The number of hydrogen-bond acceptors (Lipinski definition) is 3. The van der Waals surface area contributed by atoms with Crippen molar-refractivity contribution >= 4 is 5.95 Å². The van der Waals surface area contributed by atoms with Gasteiger partial charge in [0.2, 0.25) is 5.95 Å². The van der Waals surface area contributed by atoms with Gasteiger partial charge in [-0.2, -0.15) is 0 Å². The quantitative estimate of drug-likeness (QED) is 0.864. The summed E-state index contributed by atoms with van der Waals surface area (Å²) in [5.41, 5.74) is 1.01. The molecule has 0 spiro atoms. The van der Waals surface area contributed by atoms with Crippen molar-refractivity contribution in [3.05, 3.63) is 36.7 Å². The Bertz CT molecular complexity index is 520. The first-order chi connectivity index (χ1) is 9.22. The number of imidazole rings is 1. The zero-order valence-electron chi connectivity index (χ0n) is 11.8. The number of ether oxygens (including phenoxy) is 1. The van der Waals surface area contributed by atoms with E-state index in [1.54, 1.807) is 6.20 Å². The van der Waals surface area contributed by atoms with Gasteiger partial charge >= 0.3 is 0 Å². The van der Waals surface area contributed by atoms with Crippen LogP contribution in [0.5, 0.6) is 5.75 Å². The smallest absolute Gasteiger partial charge is 0.207 e. The maximum atomic E-state index is 5.66. The van der Waals surface area contributed by atoms with Gasteiger partial charge in [-0.25, -0.2) is 4.98 Å². The summed E-state index contributed by atoms with van der Waals surface area (Å²) < 4.78 is 7.69. The molecule has 1 aromatic carbocycles. The summed E-state index contributed by atoms with van der Waals surface area (Å²) in [5.74, 6) is 2.30. The molecule has 0 bridgehead atoms. The van der Waals surface area contributed by atoms with Crippen LogP contribution < -0.4 is 10.1 Å². The second-order valence-electron chi connectivity index (χ2n) is 4.80. The van der Waals surface area contributed by atoms with E-state index in [4.69, 9.17) is 4.74 Å². The molecule has 4 nitrogen and oxygen atoms in total. The number of para-hydroxylation sites is 2. The van der Waals surface area contributed by atoms with Gasteiger partial charge in [0.25, 0.3) is 0 Å². The third-order valence-electron chi connectivity index (χ3n) is 2.73. The van der Waals surface area contributed by atoms with E-state index >= 15 is 0 Å². The molecule has 0 fully saturated rings. The van der Waals surface area contributed by atoms with Crippen LogP contribution in [-0.4, -0.2) is 22.7 Å². The predicted octanol–water partition coefficient (Wildman–Crippen LogP) is 3.34. The zero-order chi connectivity index (χ0) is 13.7. The van der Waals surface area contributed by atoms with Crippen LogP contribution in [0.15, 0.2) is 36.7 Å². The fourth-order valence-corrected chi connectivity index (χ4v) is 1.86. The summed E-state index contributed by atoms with van der Waals surface area (Å²) in [4.78, 5) is 4.36. The Balaban J connectivity index is 2.29. The highest BCUT2D eigenvalue weighted by Crippen LogP contribution is 2.25. The van der Waals surface area contributed by atoms with Gasteiger partial charge in [-0.15, -0.1) is 0 Å². The van der Waals surface area contributed by atoms with Crippen LogP contribution in [0.2, 0.25) is 0 Å². The van der Waals surface area contributed by atoms with Crippen LogP contribution in [0.3, 0.4) is 0 Å². The van der Waals surface area contributed by atoms with E-state index < -0.39 is 0 Å². The van der Waals surface area contributed by atoms with Crippen molar-refractivity contribution in [2.75, 3.05) is 18.5 Å². The summed E-state index contributed by atoms with van der Waals surface area (Å²) in [5, 5.41) is 3.36. The summed E-state index contributed by atoms with van der Waals surface area (Å²) >= 11 is 0. The van der Waals surface area contributed by atoms with Crippen molar-refractivity contribution in [3.63, 3.8) is 0 Å². The molecule has 0 aliphatic rings. The number of rotatable bonds is 6. The van der Waals surface area contributed by atoms with Crippen LogP contribution in [0.25, 0.3) is 5.69 Å². The first-order valence-electron chi connectivity index (χ1n) is 6.71. The Hall–Kier alpha value is -1.97. The number of benzene rings is 1. The minimum atomic E-state index is 0.576. The van der Waals surface area contributed by atoms with E-state index in [1.165, 1.54) is 0 Å². The predicted molar refractivity (Wildman–Crippen MR) is 78.1 cm³/mol. The molecule has 2 aromatic rings. The van der Waals surface area contributed by atoms with Crippen LogP contribution in [0.4, 0.5) is 5.95 Å². The largest absolute Gasteiger partial charge is 0.492 e. The molecule has 0 aliphatic carbocycles. The van der Waals surface area contributed by atoms with Gasteiger partial charge in [-0.05, 0) is 25.0 Å². The molecule has 2 rings (SSSR count). The number of nitrogens with zero attached hydrogens (tertiary/aromatic N) is 2. The molecule has 102 valence electrons. The topological polar surface area (TPSA) is 39.1 Å². The fraction of sp³-hybridized carbons (Fsp3) is 0.400. The van der Waals surface area contributed by atoms with Gasteiger partial charge in [0.05, 0.1) is 12.3 Å². The van der Waals surface area contributed by atoms with Gasteiger partial charge < -0.3 is 10.1 Å². The third-order valence-corrected chi connectivity index (χ3v) is 2.73. The molecule has 0 saturated heterocycles. The third kappa shape index (κ3) is 3.28. The van der Waals surface area contributed by atoms with Crippen molar-refractivity contribution in [2.45, 2.75) is 20.8 Å². The summed E-state index contributed by atoms with van der Waals surface area (Å²) in [6.07, 6.45) is 3.74. The number of nitrogens with one attached hydrogen (secondary N) is 1. The second kappa shape index (κ2) is 6.27. The van der Waals surface area contributed by atoms with E-state index in [0.717, 1.165) is 23.9 Å². The lowest BCUT2D eigenvalue weighted by molar-refractivity contribution is 0.339. The molecular formula is C15H21N3O. The van der Waals surface area contributed by atoms with Crippen molar-refractivity contribution < 1.29 is 4.74 Å². The number of anilines is 1. The SMILES string of the molecule is CCOc1ccccc1-n1ccnc1NCC(C)C. The lowest BCUT2D eigenvalue weighted by Gasteiger charge is -2.14. The minimum Gasteiger partial charge on any atom is -0.492 e. The van der Waals surface area contributed by atoms with Gasteiger partial charge in [0.15, 0.2) is 0 Å². The average molecular weight is 259 g/mol. The van der Waals surface area contributed by atoms with Crippen LogP contribution in [-0.2, 0) is 0 Å². The molecular weight excluding hydrogens is 238 g/mol. The first-order valence-corrected chi connectivity index (χ1v) is 6.71. The highest BCUT2D eigenvalue weighted by Gasteiger charge is 2.09. The van der Waals surface area contributed by atoms with E-state index in [1.807, 2.05) is 42.0 Å². The maximum absolute atomic E-state index is 5.66. The normalized spacial score (nSPS) is 10.7. The van der Waals surface area contributed by atoms with Crippen LogP contribution >= 0.6 is 0 Å². The molecule has 0 atom stereocenters. The Morgan fingerprint density at radius 1 is 1.32 bits per heavy atom. The molecule has 0 unspecified atom stereocenters. The number of hydrogen-bond donors (Lipinski definition) is 1. The van der Waals surface area contributed by atoms with Crippen molar-refractivity contribution in [1.29, 1.82) is 0 Å². The molecule has 0 radical (unpaired) electrons. The van der Waals surface area contributed by atoms with E-state index in [0.29, 0.717) is 12.5 Å². The number of aromatic nitrogens is 2. The van der Waals surface area contributed by atoms with Crippen molar-refractivity contribution in [3.8, 4) is 11.4 Å². The standard InChI is InChI=1S/C15H21N3O/c1-4-19-14-8-6-5-7-13(14)18-10-9-16-15(18)17-11-12(2)3/h5-10,12H,4,11H2,1-3H3,(H,16,17). The molecule has 1 aromatic heterocycles.